The Balaban J connectivity index is 2.10. The number of benzene rings is 1. The van der Waals surface area contributed by atoms with Crippen molar-refractivity contribution in [3.05, 3.63) is 22.8 Å². The van der Waals surface area contributed by atoms with Gasteiger partial charge in [-0.15, -0.1) is 0 Å². The number of sulfonamides is 1. The number of anilines is 1. The zero-order valence-electron chi connectivity index (χ0n) is 24.6. The van der Waals surface area contributed by atoms with Gasteiger partial charge in [-0.25, -0.2) is 4.79 Å². The fraction of sp³-hybridized carbons (Fsp3) is 0.750. The molecule has 0 unspecified atom stereocenters. The molecule has 1 aliphatic carbocycles. The first-order chi connectivity index (χ1) is 18.5. The largest absolute Gasteiger partial charge is 0.516 e. The molecule has 1 saturated carbocycles. The lowest BCUT2D eigenvalue weighted by Gasteiger charge is -2.39. The number of carbonyl (C=O) groups is 1. The number of hydrogen-bond donors (Lipinski definition) is 1. The second-order valence-electron chi connectivity index (χ2n) is 11.8. The molecule has 0 amide bonds. The first kappa shape index (κ1) is 32.7. The highest BCUT2D eigenvalue weighted by Gasteiger charge is 2.52. The first-order valence-corrected chi connectivity index (χ1v) is 18.3. The topological polar surface area (TPSA) is 93.1 Å². The van der Waals surface area contributed by atoms with E-state index in [1.165, 1.54) is 6.07 Å². The second kappa shape index (κ2) is 12.2. The van der Waals surface area contributed by atoms with Crippen molar-refractivity contribution < 1.29 is 40.7 Å². The van der Waals surface area contributed by atoms with Crippen molar-refractivity contribution in [2.45, 2.75) is 110 Å². The van der Waals surface area contributed by atoms with Crippen LogP contribution in [0.5, 0.6) is 5.75 Å². The van der Waals surface area contributed by atoms with Gasteiger partial charge in [0, 0.05) is 17.7 Å². The number of aryl methyl sites for hydroxylation is 1. The van der Waals surface area contributed by atoms with Gasteiger partial charge in [0.05, 0.1) is 5.69 Å². The highest BCUT2D eigenvalue weighted by molar-refractivity contribution is 7.93. The summed E-state index contributed by atoms with van der Waals surface area (Å²) in [6, 6.07) is 3.47. The Morgan fingerprint density at radius 1 is 1.18 bits per heavy atom. The predicted molar refractivity (Wildman–Crippen MR) is 151 cm³/mol. The number of fused-ring (bicyclic) bond motifs is 1. The minimum atomic E-state index is -5.65. The van der Waals surface area contributed by atoms with Gasteiger partial charge in [-0.05, 0) is 73.7 Å². The number of phenolic OH excluding ortho intramolecular Hbond substituents is 1. The Bertz CT molecular complexity index is 1180. The maximum absolute atomic E-state index is 14.0. The van der Waals surface area contributed by atoms with Crippen LogP contribution in [0.4, 0.5) is 18.9 Å². The highest BCUT2D eigenvalue weighted by atomic mass is 32.2. The van der Waals surface area contributed by atoms with Gasteiger partial charge >= 0.3 is 21.5 Å². The number of alkyl halides is 3. The zero-order chi connectivity index (χ0) is 30.2. The van der Waals surface area contributed by atoms with Crippen LogP contribution in [0.15, 0.2) is 6.07 Å². The molecule has 1 aromatic rings. The van der Waals surface area contributed by atoms with Crippen LogP contribution in [0.25, 0.3) is 0 Å². The zero-order valence-corrected chi connectivity index (χ0v) is 26.4. The molecule has 1 heterocycles. The minimum absolute atomic E-state index is 0.0536. The molecule has 228 valence electrons. The Morgan fingerprint density at radius 2 is 1.77 bits per heavy atom. The number of aromatic hydroxyl groups is 1. The number of hydrogen-bond acceptors (Lipinski definition) is 6. The fourth-order valence-electron chi connectivity index (χ4n) is 6.29. The van der Waals surface area contributed by atoms with Crippen LogP contribution in [0.3, 0.4) is 0 Å². The van der Waals surface area contributed by atoms with E-state index in [1.54, 1.807) is 6.92 Å². The Labute approximate surface area is 237 Å². The van der Waals surface area contributed by atoms with Crippen LogP contribution in [0.1, 0.15) is 83.6 Å². The van der Waals surface area contributed by atoms with Crippen LogP contribution in [-0.4, -0.2) is 46.0 Å². The van der Waals surface area contributed by atoms with Crippen molar-refractivity contribution in [3.63, 3.8) is 0 Å². The summed E-state index contributed by atoms with van der Waals surface area (Å²) >= 11 is 0. The number of phenols is 1. The summed E-state index contributed by atoms with van der Waals surface area (Å²) in [5.74, 6) is -0.147. The molecular formula is C28H44F3NO6SSi. The summed E-state index contributed by atoms with van der Waals surface area (Å²) in [5, 5.41) is 11.4. The SMILES string of the molecule is CC[Si](CC)(CC)O[C@H](C(=O)O[C@@H]1C[C@H](C)CC[C@H]1C(C)C)c1c(C)cc2c(c1O)CCN2S(=O)(=O)C(F)(F)F. The molecule has 0 bridgehead atoms. The number of nitrogens with zero attached hydrogens (tertiary/aromatic N) is 1. The molecule has 0 radical (unpaired) electrons. The van der Waals surface area contributed by atoms with Crippen LogP contribution in [0.2, 0.25) is 18.1 Å². The van der Waals surface area contributed by atoms with E-state index in [1.807, 2.05) is 20.8 Å². The Kier molecular flexibility index (Phi) is 9.99. The van der Waals surface area contributed by atoms with E-state index in [2.05, 4.69) is 20.8 Å². The molecule has 4 atom stereocenters. The summed E-state index contributed by atoms with van der Waals surface area (Å²) in [5.41, 5.74) is -5.24. The third kappa shape index (κ3) is 6.18. The summed E-state index contributed by atoms with van der Waals surface area (Å²) in [6.07, 6.45) is 1.00. The summed E-state index contributed by atoms with van der Waals surface area (Å²) in [6.45, 7) is 13.5. The lowest BCUT2D eigenvalue weighted by Crippen LogP contribution is -2.42. The number of esters is 1. The number of halogens is 3. The van der Waals surface area contributed by atoms with Gasteiger partial charge in [-0.3, -0.25) is 4.31 Å². The molecule has 1 aromatic carbocycles. The Morgan fingerprint density at radius 3 is 2.30 bits per heavy atom. The van der Waals surface area contributed by atoms with Crippen molar-refractivity contribution >= 4 is 30.0 Å². The summed E-state index contributed by atoms with van der Waals surface area (Å²) in [7, 11) is -8.10. The van der Waals surface area contributed by atoms with Gasteiger partial charge in [0.15, 0.2) is 14.4 Å². The van der Waals surface area contributed by atoms with Crippen molar-refractivity contribution in [2.24, 2.45) is 17.8 Å². The molecule has 1 N–H and O–H groups in total. The van der Waals surface area contributed by atoms with E-state index in [4.69, 9.17) is 9.16 Å². The molecule has 0 saturated heterocycles. The molecule has 7 nitrogen and oxygen atoms in total. The van der Waals surface area contributed by atoms with E-state index in [0.717, 1.165) is 37.4 Å². The maximum atomic E-state index is 14.0. The van der Waals surface area contributed by atoms with E-state index in [0.29, 0.717) is 11.8 Å². The van der Waals surface area contributed by atoms with E-state index >= 15 is 0 Å². The summed E-state index contributed by atoms with van der Waals surface area (Å²) < 4.78 is 77.7. The average Bonchev–Trinajstić information content (AvgIpc) is 3.30. The van der Waals surface area contributed by atoms with Gasteiger partial charge < -0.3 is 14.3 Å². The minimum Gasteiger partial charge on any atom is -0.507 e. The Hall–Kier alpha value is -1.79. The van der Waals surface area contributed by atoms with Crippen molar-refractivity contribution in [3.8, 4) is 5.75 Å². The molecule has 40 heavy (non-hydrogen) atoms. The standard InChI is InChI=1S/C28H44F3NO6SSi/c1-8-40(9-2,10-3)38-26(27(34)37-23-15-18(6)11-12-20(23)17(4)5)24-19(7)16-22-21(25(24)33)13-14-32(22)39(35,36)28(29,30)31/h16-18,20,23,26,33H,8-15H2,1-7H3/t18-,20+,23-,26+/m1/s1. The summed E-state index contributed by atoms with van der Waals surface area (Å²) in [4.78, 5) is 14.0. The molecule has 12 heteroatoms. The normalized spacial score (nSPS) is 22.9. The van der Waals surface area contributed by atoms with E-state index in [-0.39, 0.29) is 45.1 Å². The molecule has 0 spiro atoms. The number of ether oxygens (including phenoxy) is 1. The van der Waals surface area contributed by atoms with Crippen LogP contribution in [0, 0.1) is 24.7 Å². The molecule has 2 aliphatic rings. The molecule has 1 aliphatic heterocycles. The number of rotatable bonds is 10. The van der Waals surface area contributed by atoms with Gasteiger partial charge in [-0.2, -0.15) is 21.6 Å². The smallest absolute Gasteiger partial charge is 0.507 e. The predicted octanol–water partition coefficient (Wildman–Crippen LogP) is 6.98. The van der Waals surface area contributed by atoms with Gasteiger partial charge in [-0.1, -0.05) is 48.0 Å². The lowest BCUT2D eigenvalue weighted by atomic mass is 9.75. The molecule has 0 aromatic heterocycles. The molecule has 1 fully saturated rings. The van der Waals surface area contributed by atoms with Gasteiger partial charge in [0.1, 0.15) is 11.9 Å². The fourth-order valence-corrected chi connectivity index (χ4v) is 10.0. The molecule has 3 rings (SSSR count). The monoisotopic (exact) mass is 607 g/mol. The number of carbonyl (C=O) groups excluding carboxylic acids is 1. The second-order valence-corrected chi connectivity index (χ2v) is 18.3. The van der Waals surface area contributed by atoms with Gasteiger partial charge in [0.2, 0.25) is 0 Å². The van der Waals surface area contributed by atoms with Crippen molar-refractivity contribution in [1.29, 1.82) is 0 Å². The van der Waals surface area contributed by atoms with Gasteiger partial charge in [0.25, 0.3) is 0 Å². The van der Waals surface area contributed by atoms with E-state index < -0.39 is 48.2 Å². The lowest BCUT2D eigenvalue weighted by molar-refractivity contribution is -0.165. The average molecular weight is 608 g/mol. The highest BCUT2D eigenvalue weighted by Crippen LogP contribution is 2.47. The third-order valence-corrected chi connectivity index (χ3v) is 15.2. The quantitative estimate of drug-likeness (QED) is 0.228. The first-order valence-electron chi connectivity index (χ1n) is 14.4. The molecular weight excluding hydrogens is 563 g/mol. The maximum Gasteiger partial charge on any atom is 0.516 e. The van der Waals surface area contributed by atoms with Crippen LogP contribution in [-0.2, 0) is 30.4 Å². The van der Waals surface area contributed by atoms with Crippen molar-refractivity contribution in [2.75, 3.05) is 10.8 Å². The van der Waals surface area contributed by atoms with E-state index in [9.17, 15) is 31.5 Å². The van der Waals surface area contributed by atoms with Crippen LogP contribution >= 0.6 is 0 Å². The third-order valence-electron chi connectivity index (χ3n) is 9.05. The van der Waals surface area contributed by atoms with Crippen molar-refractivity contribution in [1.82, 2.24) is 0 Å². The van der Waals surface area contributed by atoms with Crippen LogP contribution < -0.4 is 4.31 Å².